The minimum absolute atomic E-state index is 0.508. The van der Waals surface area contributed by atoms with Gasteiger partial charge in [0.2, 0.25) is 5.91 Å². The predicted octanol–water partition coefficient (Wildman–Crippen LogP) is -0.761. The molecule has 0 aromatic heterocycles. The zero-order valence-electron chi connectivity index (χ0n) is 4.88. The Balaban J connectivity index is 3.83. The normalized spacial score (nSPS) is 17.2. The van der Waals surface area contributed by atoms with Gasteiger partial charge in [-0.1, -0.05) is 0 Å². The van der Waals surface area contributed by atoms with Crippen molar-refractivity contribution in [2.75, 3.05) is 6.26 Å². The maximum Gasteiger partial charge on any atom is 0.232 e. The van der Waals surface area contributed by atoms with Crippen molar-refractivity contribution >= 4 is 16.7 Å². The second-order valence-electron chi connectivity index (χ2n) is 1.54. The molecule has 0 aromatic carbocycles. The van der Waals surface area contributed by atoms with Gasteiger partial charge < -0.3 is 5.73 Å². The van der Waals surface area contributed by atoms with E-state index in [2.05, 4.69) is 0 Å². The van der Waals surface area contributed by atoms with Crippen molar-refractivity contribution in [2.45, 2.75) is 12.2 Å². The molecule has 0 radical (unpaired) electrons. The van der Waals surface area contributed by atoms with Gasteiger partial charge in [-0.25, -0.2) is 0 Å². The van der Waals surface area contributed by atoms with Crippen molar-refractivity contribution < 1.29 is 9.00 Å². The third-order valence-corrected chi connectivity index (χ3v) is 2.13. The highest BCUT2D eigenvalue weighted by molar-refractivity contribution is 7.85. The van der Waals surface area contributed by atoms with Crippen molar-refractivity contribution in [1.82, 2.24) is 0 Å². The third kappa shape index (κ3) is 2.07. The summed E-state index contributed by atoms with van der Waals surface area (Å²) in [7, 11) is -1.11. The van der Waals surface area contributed by atoms with Gasteiger partial charge in [0.15, 0.2) is 0 Å². The van der Waals surface area contributed by atoms with E-state index in [0.717, 1.165) is 0 Å². The summed E-state index contributed by atoms with van der Waals surface area (Å²) in [6.45, 7) is 1.54. The maximum absolute atomic E-state index is 10.4. The molecule has 0 saturated carbocycles. The molecule has 0 saturated heterocycles. The summed E-state index contributed by atoms with van der Waals surface area (Å²) in [5.74, 6) is -0.508. The van der Waals surface area contributed by atoms with E-state index < -0.39 is 22.0 Å². The molecule has 0 heterocycles. The van der Waals surface area contributed by atoms with E-state index in [9.17, 15) is 9.00 Å². The average molecular weight is 135 g/mol. The zero-order chi connectivity index (χ0) is 6.73. The van der Waals surface area contributed by atoms with Crippen LogP contribution in [0.5, 0.6) is 0 Å². The average Bonchev–Trinajstić information content (AvgIpc) is 1.64. The van der Waals surface area contributed by atoms with Gasteiger partial charge in [0, 0.05) is 17.1 Å². The lowest BCUT2D eigenvalue weighted by Crippen LogP contribution is -2.28. The summed E-state index contributed by atoms with van der Waals surface area (Å²) in [6, 6.07) is 0. The molecule has 0 rings (SSSR count). The van der Waals surface area contributed by atoms with Gasteiger partial charge in [0.1, 0.15) is 5.25 Å². The van der Waals surface area contributed by atoms with Gasteiger partial charge in [-0.15, -0.1) is 0 Å². The van der Waals surface area contributed by atoms with Gasteiger partial charge >= 0.3 is 0 Å². The molecule has 0 aliphatic carbocycles. The predicted molar refractivity (Wildman–Crippen MR) is 32.7 cm³/mol. The number of hydrogen-bond donors (Lipinski definition) is 1. The lowest BCUT2D eigenvalue weighted by atomic mass is 10.5. The van der Waals surface area contributed by atoms with Gasteiger partial charge in [0.25, 0.3) is 0 Å². The fraction of sp³-hybridized carbons (Fsp3) is 0.750. The molecule has 0 aliphatic rings. The lowest BCUT2D eigenvalue weighted by molar-refractivity contribution is -0.117. The number of nitrogens with two attached hydrogens (primary N) is 1. The quantitative estimate of drug-likeness (QED) is 0.541. The molecule has 0 aliphatic heterocycles. The van der Waals surface area contributed by atoms with Gasteiger partial charge in [0.05, 0.1) is 0 Å². The van der Waals surface area contributed by atoms with Crippen molar-refractivity contribution in [2.24, 2.45) is 5.73 Å². The summed E-state index contributed by atoms with van der Waals surface area (Å²) < 4.78 is 10.4. The molecular formula is C4H9NO2S. The highest BCUT2D eigenvalue weighted by Crippen LogP contribution is 1.88. The molecule has 2 unspecified atom stereocenters. The van der Waals surface area contributed by atoms with Gasteiger partial charge in [-0.05, 0) is 6.92 Å². The van der Waals surface area contributed by atoms with E-state index in [1.807, 2.05) is 0 Å². The fourth-order valence-corrected chi connectivity index (χ4v) is 0.491. The van der Waals surface area contributed by atoms with Gasteiger partial charge in [-0.2, -0.15) is 0 Å². The number of carbonyl (C=O) groups is 1. The van der Waals surface area contributed by atoms with Crippen LogP contribution in [-0.2, 0) is 15.6 Å². The van der Waals surface area contributed by atoms with E-state index in [1.54, 1.807) is 6.92 Å². The summed E-state index contributed by atoms with van der Waals surface area (Å²) in [5, 5.41) is -0.519. The Morgan fingerprint density at radius 1 is 1.75 bits per heavy atom. The lowest BCUT2D eigenvalue weighted by Gasteiger charge is -1.98. The van der Waals surface area contributed by atoms with Crippen LogP contribution in [0.1, 0.15) is 6.92 Å². The standard InChI is InChI=1S/C4H9NO2S/c1-3(4(5)6)8(2)7/h3H,1-2H3,(H2,5,6). The first-order valence-electron chi connectivity index (χ1n) is 2.17. The Morgan fingerprint density at radius 3 is 2.12 bits per heavy atom. The maximum atomic E-state index is 10.4. The van der Waals surface area contributed by atoms with E-state index in [0.29, 0.717) is 0 Å². The van der Waals surface area contributed by atoms with E-state index in [4.69, 9.17) is 5.73 Å². The highest BCUT2D eigenvalue weighted by atomic mass is 32.2. The molecule has 48 valence electrons. The fourth-order valence-electron chi connectivity index (χ4n) is 0.164. The van der Waals surface area contributed by atoms with Crippen LogP contribution in [0, 0.1) is 0 Å². The molecular weight excluding hydrogens is 126 g/mol. The molecule has 4 heteroatoms. The Hall–Kier alpha value is -0.380. The smallest absolute Gasteiger partial charge is 0.232 e. The Bertz CT molecular complexity index is 109. The van der Waals surface area contributed by atoms with Crippen LogP contribution in [0.4, 0.5) is 0 Å². The summed E-state index contributed by atoms with van der Waals surface area (Å²) in [5.41, 5.74) is 4.80. The van der Waals surface area contributed by atoms with Crippen molar-refractivity contribution in [3.05, 3.63) is 0 Å². The molecule has 0 spiro atoms. The molecule has 0 fully saturated rings. The minimum Gasteiger partial charge on any atom is -0.369 e. The van der Waals surface area contributed by atoms with Crippen molar-refractivity contribution in [3.8, 4) is 0 Å². The van der Waals surface area contributed by atoms with Crippen molar-refractivity contribution in [1.29, 1.82) is 0 Å². The van der Waals surface area contributed by atoms with Crippen LogP contribution in [-0.4, -0.2) is 21.6 Å². The summed E-state index contributed by atoms with van der Waals surface area (Å²) in [4.78, 5) is 10.2. The van der Waals surface area contributed by atoms with Gasteiger partial charge in [-0.3, -0.25) is 9.00 Å². The first-order valence-corrected chi connectivity index (χ1v) is 3.79. The number of rotatable bonds is 2. The molecule has 0 aromatic rings. The summed E-state index contributed by atoms with van der Waals surface area (Å²) in [6.07, 6.45) is 1.45. The number of hydrogen-bond acceptors (Lipinski definition) is 2. The van der Waals surface area contributed by atoms with Crippen LogP contribution in [0.3, 0.4) is 0 Å². The number of primary amides is 1. The van der Waals surface area contributed by atoms with E-state index in [-0.39, 0.29) is 0 Å². The molecule has 0 bridgehead atoms. The van der Waals surface area contributed by atoms with Crippen LogP contribution in [0.25, 0.3) is 0 Å². The van der Waals surface area contributed by atoms with Crippen LogP contribution < -0.4 is 5.73 Å². The zero-order valence-corrected chi connectivity index (χ0v) is 5.70. The van der Waals surface area contributed by atoms with Crippen LogP contribution in [0.2, 0.25) is 0 Å². The molecule has 8 heavy (non-hydrogen) atoms. The number of amides is 1. The van der Waals surface area contributed by atoms with Crippen molar-refractivity contribution in [3.63, 3.8) is 0 Å². The van der Waals surface area contributed by atoms with E-state index >= 15 is 0 Å². The molecule has 2 atom stereocenters. The molecule has 1 amide bonds. The Labute approximate surface area is 50.7 Å². The monoisotopic (exact) mass is 135 g/mol. The second-order valence-corrected chi connectivity index (χ2v) is 3.25. The third-order valence-electron chi connectivity index (χ3n) is 0.899. The summed E-state index contributed by atoms with van der Waals surface area (Å²) >= 11 is 0. The van der Waals surface area contributed by atoms with Crippen LogP contribution in [0.15, 0.2) is 0 Å². The SMILES string of the molecule is CC(C(N)=O)S(C)=O. The number of carbonyl (C=O) groups excluding carboxylic acids is 1. The first-order chi connectivity index (χ1) is 3.55. The highest BCUT2D eigenvalue weighted by Gasteiger charge is 2.10. The Morgan fingerprint density at radius 2 is 2.12 bits per heavy atom. The Kier molecular flexibility index (Phi) is 2.68. The largest absolute Gasteiger partial charge is 0.369 e. The molecule has 3 nitrogen and oxygen atoms in total. The van der Waals surface area contributed by atoms with E-state index in [1.165, 1.54) is 6.26 Å². The topological polar surface area (TPSA) is 60.2 Å². The molecule has 2 N–H and O–H groups in total. The van der Waals surface area contributed by atoms with Crippen LogP contribution >= 0.6 is 0 Å². The first kappa shape index (κ1) is 7.62. The second kappa shape index (κ2) is 2.81. The minimum atomic E-state index is -1.11.